The summed E-state index contributed by atoms with van der Waals surface area (Å²) in [6, 6.07) is 6.07. The summed E-state index contributed by atoms with van der Waals surface area (Å²) in [7, 11) is 0. The second-order valence-corrected chi connectivity index (χ2v) is 6.22. The lowest BCUT2D eigenvalue weighted by Crippen LogP contribution is -2.40. The van der Waals surface area contributed by atoms with Crippen LogP contribution in [0.1, 0.15) is 38.3 Å². The van der Waals surface area contributed by atoms with Crippen LogP contribution in [-0.4, -0.2) is 29.9 Å². The zero-order valence-corrected chi connectivity index (χ0v) is 13.3. The Labute approximate surface area is 130 Å². The molecule has 0 saturated carbocycles. The topological polar surface area (TPSA) is 32.3 Å². The van der Waals surface area contributed by atoms with Gasteiger partial charge in [-0.2, -0.15) is 0 Å². The maximum absolute atomic E-state index is 11.6. The lowest BCUT2D eigenvalue weighted by atomic mass is 10.1. The highest BCUT2D eigenvalue weighted by atomic mass is 35.5. The van der Waals surface area contributed by atoms with Gasteiger partial charge in [-0.05, 0) is 38.0 Å². The van der Waals surface area contributed by atoms with Crippen molar-refractivity contribution in [3.63, 3.8) is 0 Å². The molecule has 1 aliphatic rings. The number of hydrogen-bond acceptors (Lipinski definition) is 2. The van der Waals surface area contributed by atoms with Crippen molar-refractivity contribution in [1.29, 1.82) is 0 Å². The van der Waals surface area contributed by atoms with Gasteiger partial charge in [-0.15, -0.1) is 0 Å². The highest BCUT2D eigenvalue weighted by Crippen LogP contribution is 2.25. The molecule has 5 heteroatoms. The second-order valence-electron chi connectivity index (χ2n) is 5.41. The molecule has 1 saturated heterocycles. The summed E-state index contributed by atoms with van der Waals surface area (Å²) in [5.74, 6) is 0.265. The fraction of sp³-hybridized carbons (Fsp3) is 0.533. The number of rotatable bonds is 5. The van der Waals surface area contributed by atoms with Crippen molar-refractivity contribution < 1.29 is 4.79 Å². The molecule has 2 unspecified atom stereocenters. The predicted octanol–water partition coefficient (Wildman–Crippen LogP) is 3.65. The third-order valence-corrected chi connectivity index (χ3v) is 4.38. The van der Waals surface area contributed by atoms with Crippen LogP contribution >= 0.6 is 23.2 Å². The average Bonchev–Trinajstić information content (AvgIpc) is 2.78. The van der Waals surface area contributed by atoms with Crippen molar-refractivity contribution in [3.8, 4) is 0 Å². The Morgan fingerprint density at radius 2 is 2.05 bits per heavy atom. The second kappa shape index (κ2) is 6.79. The number of nitrogens with one attached hydrogen (secondary N) is 1. The van der Waals surface area contributed by atoms with Crippen LogP contribution in [0.5, 0.6) is 0 Å². The minimum absolute atomic E-state index is 0.164. The summed E-state index contributed by atoms with van der Waals surface area (Å²) >= 11 is 12.0. The first-order valence-corrected chi connectivity index (χ1v) is 7.71. The Bertz CT molecular complexity index is 493. The molecule has 20 heavy (non-hydrogen) atoms. The lowest BCUT2D eigenvalue weighted by Gasteiger charge is -2.25. The molecular weight excluding hydrogens is 295 g/mol. The van der Waals surface area contributed by atoms with E-state index in [1.54, 1.807) is 0 Å². The van der Waals surface area contributed by atoms with E-state index in [0.29, 0.717) is 16.5 Å². The predicted molar refractivity (Wildman–Crippen MR) is 83.3 cm³/mol. The summed E-state index contributed by atoms with van der Waals surface area (Å²) in [5, 5.41) is 4.63. The summed E-state index contributed by atoms with van der Waals surface area (Å²) in [4.78, 5) is 13.5. The number of nitrogens with zero attached hydrogens (tertiary/aromatic N) is 1. The average molecular weight is 315 g/mol. The van der Waals surface area contributed by atoms with E-state index < -0.39 is 0 Å². The van der Waals surface area contributed by atoms with Gasteiger partial charge in [0.1, 0.15) is 0 Å². The van der Waals surface area contributed by atoms with Crippen LogP contribution < -0.4 is 5.32 Å². The molecule has 1 aliphatic heterocycles. The number of likely N-dealkylation sites (tertiary alicyclic amines) is 1. The van der Waals surface area contributed by atoms with Gasteiger partial charge < -0.3 is 10.2 Å². The van der Waals surface area contributed by atoms with Crippen LogP contribution in [0.2, 0.25) is 10.0 Å². The standard InChI is InChI=1S/C15H20Cl2N2O/c1-10(9-19-7-3-4-15(19)20)18-11(2)12-5-6-13(16)14(17)8-12/h5-6,8,10-11,18H,3-4,7,9H2,1-2H3. The van der Waals surface area contributed by atoms with Gasteiger partial charge in [0.2, 0.25) is 5.91 Å². The van der Waals surface area contributed by atoms with Crippen LogP contribution in [0.25, 0.3) is 0 Å². The van der Waals surface area contributed by atoms with Crippen molar-refractivity contribution in [2.75, 3.05) is 13.1 Å². The first kappa shape index (κ1) is 15.6. The molecule has 0 aromatic heterocycles. The molecule has 2 rings (SSSR count). The normalized spacial score (nSPS) is 18.4. The number of halogens is 2. The molecule has 0 radical (unpaired) electrons. The number of hydrogen-bond donors (Lipinski definition) is 1. The Kier molecular flexibility index (Phi) is 5.30. The van der Waals surface area contributed by atoms with Crippen LogP contribution in [0.3, 0.4) is 0 Å². The largest absolute Gasteiger partial charge is 0.341 e. The molecule has 0 aliphatic carbocycles. The lowest BCUT2D eigenvalue weighted by molar-refractivity contribution is -0.127. The third-order valence-electron chi connectivity index (χ3n) is 3.64. The SMILES string of the molecule is CC(CN1CCCC1=O)NC(C)c1ccc(Cl)c(Cl)c1. The van der Waals surface area contributed by atoms with Gasteiger partial charge in [0, 0.05) is 31.6 Å². The fourth-order valence-electron chi connectivity index (χ4n) is 2.59. The Morgan fingerprint density at radius 3 is 2.65 bits per heavy atom. The van der Waals surface area contributed by atoms with E-state index in [1.807, 2.05) is 23.1 Å². The summed E-state index contributed by atoms with van der Waals surface area (Å²) < 4.78 is 0. The first-order valence-electron chi connectivity index (χ1n) is 6.96. The van der Waals surface area contributed by atoms with Crippen molar-refractivity contribution in [2.24, 2.45) is 0 Å². The number of carbonyl (C=O) groups is 1. The Hall–Kier alpha value is -0.770. The van der Waals surface area contributed by atoms with Crippen LogP contribution in [0.4, 0.5) is 0 Å². The minimum atomic E-state index is 0.164. The summed E-state index contributed by atoms with van der Waals surface area (Å²) in [6.07, 6.45) is 1.67. The van der Waals surface area contributed by atoms with E-state index in [0.717, 1.165) is 25.1 Å². The molecule has 110 valence electrons. The molecule has 1 amide bonds. The maximum atomic E-state index is 11.6. The summed E-state index contributed by atoms with van der Waals surface area (Å²) in [5.41, 5.74) is 1.10. The van der Waals surface area contributed by atoms with Crippen LogP contribution in [0, 0.1) is 0 Å². The number of benzene rings is 1. The Balaban J connectivity index is 1.91. The highest BCUT2D eigenvalue weighted by Gasteiger charge is 2.22. The van der Waals surface area contributed by atoms with Gasteiger partial charge in [0.15, 0.2) is 0 Å². The van der Waals surface area contributed by atoms with Crippen LogP contribution in [-0.2, 0) is 4.79 Å². The van der Waals surface area contributed by atoms with Gasteiger partial charge >= 0.3 is 0 Å². The molecule has 0 bridgehead atoms. The van der Waals surface area contributed by atoms with Crippen molar-refractivity contribution >= 4 is 29.1 Å². The number of carbonyl (C=O) groups excluding carboxylic acids is 1. The van der Waals surface area contributed by atoms with Crippen molar-refractivity contribution in [1.82, 2.24) is 10.2 Å². The maximum Gasteiger partial charge on any atom is 0.222 e. The van der Waals surface area contributed by atoms with E-state index >= 15 is 0 Å². The van der Waals surface area contributed by atoms with Crippen LogP contribution in [0.15, 0.2) is 18.2 Å². The molecule has 1 aromatic rings. The molecule has 1 N–H and O–H groups in total. The minimum Gasteiger partial charge on any atom is -0.341 e. The van der Waals surface area contributed by atoms with E-state index in [2.05, 4.69) is 19.2 Å². The highest BCUT2D eigenvalue weighted by molar-refractivity contribution is 6.42. The van der Waals surface area contributed by atoms with Gasteiger partial charge in [-0.1, -0.05) is 29.3 Å². The van der Waals surface area contributed by atoms with E-state index in [1.165, 1.54) is 0 Å². The van der Waals surface area contributed by atoms with E-state index in [9.17, 15) is 4.79 Å². The zero-order valence-electron chi connectivity index (χ0n) is 11.8. The third kappa shape index (κ3) is 3.87. The van der Waals surface area contributed by atoms with Gasteiger partial charge in [0.05, 0.1) is 10.0 Å². The van der Waals surface area contributed by atoms with Gasteiger partial charge in [0.25, 0.3) is 0 Å². The Morgan fingerprint density at radius 1 is 1.30 bits per heavy atom. The first-order chi connectivity index (χ1) is 9.47. The smallest absolute Gasteiger partial charge is 0.222 e. The van der Waals surface area contributed by atoms with Gasteiger partial charge in [-0.3, -0.25) is 4.79 Å². The molecule has 1 fully saturated rings. The quantitative estimate of drug-likeness (QED) is 0.899. The van der Waals surface area contributed by atoms with E-state index in [-0.39, 0.29) is 18.0 Å². The molecule has 2 atom stereocenters. The van der Waals surface area contributed by atoms with Gasteiger partial charge in [-0.25, -0.2) is 0 Å². The molecule has 1 heterocycles. The van der Waals surface area contributed by atoms with E-state index in [4.69, 9.17) is 23.2 Å². The molecule has 1 aromatic carbocycles. The molecule has 3 nitrogen and oxygen atoms in total. The number of amides is 1. The van der Waals surface area contributed by atoms with Crippen molar-refractivity contribution in [3.05, 3.63) is 33.8 Å². The zero-order chi connectivity index (χ0) is 14.7. The fourth-order valence-corrected chi connectivity index (χ4v) is 2.89. The van der Waals surface area contributed by atoms with Crippen molar-refractivity contribution in [2.45, 2.75) is 38.8 Å². The molecular formula is C15H20Cl2N2O. The summed E-state index contributed by atoms with van der Waals surface area (Å²) in [6.45, 7) is 5.82. The molecule has 0 spiro atoms. The monoisotopic (exact) mass is 314 g/mol.